The van der Waals surface area contributed by atoms with E-state index in [-0.39, 0.29) is 31.7 Å². The monoisotopic (exact) mass is 374 g/mol. The zero-order valence-corrected chi connectivity index (χ0v) is 14.2. The molecule has 0 saturated carbocycles. The van der Waals surface area contributed by atoms with Gasteiger partial charge in [0.2, 0.25) is 15.9 Å². The number of piperidine rings is 1. The maximum atomic E-state index is 12.7. The van der Waals surface area contributed by atoms with Gasteiger partial charge in [0, 0.05) is 19.1 Å². The minimum absolute atomic E-state index is 0.0463. The lowest BCUT2D eigenvalue weighted by Crippen LogP contribution is -2.53. The Morgan fingerprint density at radius 1 is 1.29 bits per heavy atom. The van der Waals surface area contributed by atoms with Gasteiger partial charge in [-0.25, -0.2) is 12.7 Å². The van der Waals surface area contributed by atoms with Crippen molar-refractivity contribution in [3.63, 3.8) is 0 Å². The van der Waals surface area contributed by atoms with Crippen LogP contribution in [0.1, 0.15) is 26.7 Å². The summed E-state index contributed by atoms with van der Waals surface area (Å²) in [5, 5.41) is 8.89. The van der Waals surface area contributed by atoms with E-state index in [4.69, 9.17) is 5.11 Å². The van der Waals surface area contributed by atoms with Crippen molar-refractivity contribution in [2.45, 2.75) is 38.9 Å². The van der Waals surface area contributed by atoms with Crippen molar-refractivity contribution in [2.75, 3.05) is 25.4 Å². The van der Waals surface area contributed by atoms with Gasteiger partial charge in [-0.05, 0) is 26.7 Å². The van der Waals surface area contributed by atoms with Crippen molar-refractivity contribution in [3.05, 3.63) is 0 Å². The highest BCUT2D eigenvalue weighted by atomic mass is 32.2. The number of hydrogen-bond acceptors (Lipinski definition) is 4. The van der Waals surface area contributed by atoms with Gasteiger partial charge in [0.1, 0.15) is 12.5 Å². The predicted octanol–water partition coefficient (Wildman–Crippen LogP) is 0.912. The molecule has 0 aliphatic carbocycles. The van der Waals surface area contributed by atoms with Crippen LogP contribution < -0.4 is 0 Å². The van der Waals surface area contributed by atoms with Crippen LogP contribution in [-0.4, -0.2) is 72.2 Å². The van der Waals surface area contributed by atoms with E-state index in [1.165, 1.54) is 11.2 Å². The summed E-state index contributed by atoms with van der Waals surface area (Å²) in [4.78, 5) is 23.7. The molecule has 140 valence electrons. The number of halogens is 3. The zero-order chi connectivity index (χ0) is 18.7. The maximum absolute atomic E-state index is 12.7. The molecule has 1 rings (SSSR count). The summed E-state index contributed by atoms with van der Waals surface area (Å²) >= 11 is 0. The number of nitrogens with zero attached hydrogens (tertiary/aromatic N) is 2. The van der Waals surface area contributed by atoms with Crippen LogP contribution in [0.5, 0.6) is 0 Å². The van der Waals surface area contributed by atoms with Crippen LogP contribution in [0.15, 0.2) is 0 Å². The van der Waals surface area contributed by atoms with Crippen LogP contribution in [0.4, 0.5) is 13.2 Å². The van der Waals surface area contributed by atoms with E-state index in [0.29, 0.717) is 11.8 Å². The number of carboxylic acid groups (broad SMARTS) is 1. The van der Waals surface area contributed by atoms with Gasteiger partial charge in [0.15, 0.2) is 0 Å². The van der Waals surface area contributed by atoms with Crippen LogP contribution in [0.2, 0.25) is 0 Å². The molecule has 0 aromatic rings. The van der Waals surface area contributed by atoms with E-state index in [1.54, 1.807) is 0 Å². The van der Waals surface area contributed by atoms with E-state index < -0.39 is 46.6 Å². The molecular weight excluding hydrogens is 353 g/mol. The number of rotatable bonds is 6. The molecule has 7 nitrogen and oxygen atoms in total. The molecule has 1 N–H and O–H groups in total. The number of sulfonamides is 1. The second kappa shape index (κ2) is 7.68. The summed E-state index contributed by atoms with van der Waals surface area (Å²) in [6.07, 6.45) is -4.56. The number of carboxylic acids is 1. The van der Waals surface area contributed by atoms with Gasteiger partial charge < -0.3 is 10.0 Å². The number of alkyl halides is 3. The van der Waals surface area contributed by atoms with Gasteiger partial charge in [0.25, 0.3) is 0 Å². The average molecular weight is 374 g/mol. The van der Waals surface area contributed by atoms with Crippen molar-refractivity contribution in [1.29, 1.82) is 0 Å². The van der Waals surface area contributed by atoms with Crippen LogP contribution in [0.25, 0.3) is 0 Å². The lowest BCUT2D eigenvalue weighted by Gasteiger charge is -2.38. The maximum Gasteiger partial charge on any atom is 0.400 e. The molecule has 11 heteroatoms. The van der Waals surface area contributed by atoms with E-state index >= 15 is 0 Å². The minimum atomic E-state index is -4.76. The molecule has 0 aromatic heterocycles. The molecule has 1 aliphatic rings. The fourth-order valence-corrected chi connectivity index (χ4v) is 3.67. The zero-order valence-electron chi connectivity index (χ0n) is 13.4. The van der Waals surface area contributed by atoms with Crippen molar-refractivity contribution in [3.8, 4) is 0 Å². The molecule has 1 saturated heterocycles. The Morgan fingerprint density at radius 2 is 1.79 bits per heavy atom. The summed E-state index contributed by atoms with van der Waals surface area (Å²) in [5.41, 5.74) is 0. The van der Waals surface area contributed by atoms with Crippen molar-refractivity contribution in [1.82, 2.24) is 9.21 Å². The number of hydrogen-bond donors (Lipinski definition) is 1. The molecule has 1 amide bonds. The van der Waals surface area contributed by atoms with Crippen molar-refractivity contribution < 1.29 is 36.3 Å². The van der Waals surface area contributed by atoms with Crippen LogP contribution in [-0.2, 0) is 19.6 Å². The Labute approximate surface area is 138 Å². The predicted molar refractivity (Wildman–Crippen MR) is 78.6 cm³/mol. The van der Waals surface area contributed by atoms with E-state index in [0.717, 1.165) is 0 Å². The molecule has 0 aromatic carbocycles. The smallest absolute Gasteiger partial charge is 0.400 e. The first kappa shape index (κ1) is 20.7. The highest BCUT2D eigenvalue weighted by molar-refractivity contribution is 7.89. The largest absolute Gasteiger partial charge is 0.480 e. The lowest BCUT2D eigenvalue weighted by molar-refractivity contribution is -0.188. The Morgan fingerprint density at radius 3 is 2.17 bits per heavy atom. The van der Waals surface area contributed by atoms with Gasteiger partial charge in [-0.15, -0.1) is 0 Å². The standard InChI is InChI=1S/C13H21F3N2O5S/c1-3-24(22,23)17-6-4-10(5-7-17)18(8-11(19)20)12(21)9(2)13(14,15)16/h9-10H,3-8H2,1-2H3,(H,19,20). The summed E-state index contributed by atoms with van der Waals surface area (Å²) < 4.78 is 63.0. The molecular formula is C13H21F3N2O5S. The Hall–Kier alpha value is -1.36. The number of carbonyl (C=O) groups is 2. The molecule has 1 atom stereocenters. The van der Waals surface area contributed by atoms with Gasteiger partial charge >= 0.3 is 12.1 Å². The minimum Gasteiger partial charge on any atom is -0.480 e. The van der Waals surface area contributed by atoms with E-state index in [9.17, 15) is 31.2 Å². The lowest BCUT2D eigenvalue weighted by atomic mass is 10.0. The van der Waals surface area contributed by atoms with E-state index in [2.05, 4.69) is 0 Å². The second-order valence-corrected chi connectivity index (χ2v) is 7.91. The number of aliphatic carboxylic acids is 1. The topological polar surface area (TPSA) is 95.0 Å². The fraction of sp³-hybridized carbons (Fsp3) is 0.846. The number of carbonyl (C=O) groups excluding carboxylic acids is 1. The SMILES string of the molecule is CCS(=O)(=O)N1CCC(N(CC(=O)O)C(=O)C(C)C(F)(F)F)CC1. The molecule has 1 aliphatic heterocycles. The van der Waals surface area contributed by atoms with Crippen LogP contribution in [0, 0.1) is 5.92 Å². The molecule has 1 fully saturated rings. The Kier molecular flexibility index (Phi) is 6.62. The highest BCUT2D eigenvalue weighted by Gasteiger charge is 2.45. The summed E-state index contributed by atoms with van der Waals surface area (Å²) in [6, 6.07) is -0.735. The molecule has 0 radical (unpaired) electrons. The summed E-state index contributed by atoms with van der Waals surface area (Å²) in [7, 11) is -3.42. The van der Waals surface area contributed by atoms with E-state index in [1.807, 2.05) is 0 Å². The first-order valence-electron chi connectivity index (χ1n) is 7.47. The molecule has 24 heavy (non-hydrogen) atoms. The Balaban J connectivity index is 2.88. The summed E-state index contributed by atoms with van der Waals surface area (Å²) in [5.74, 6) is -5.13. The van der Waals surface area contributed by atoms with Gasteiger partial charge in [0.05, 0.1) is 5.75 Å². The first-order valence-corrected chi connectivity index (χ1v) is 9.07. The molecule has 1 heterocycles. The van der Waals surface area contributed by atoms with Crippen molar-refractivity contribution >= 4 is 21.9 Å². The highest BCUT2D eigenvalue weighted by Crippen LogP contribution is 2.29. The number of amides is 1. The second-order valence-electron chi connectivity index (χ2n) is 5.65. The molecule has 1 unspecified atom stereocenters. The fourth-order valence-electron chi connectivity index (χ4n) is 2.54. The summed E-state index contributed by atoms with van der Waals surface area (Å²) in [6.45, 7) is 1.42. The van der Waals surface area contributed by atoms with Crippen LogP contribution >= 0.6 is 0 Å². The van der Waals surface area contributed by atoms with Gasteiger partial charge in [-0.2, -0.15) is 13.2 Å². The molecule has 0 spiro atoms. The molecule has 0 bridgehead atoms. The van der Waals surface area contributed by atoms with Crippen LogP contribution in [0.3, 0.4) is 0 Å². The Bertz CT molecular complexity index is 571. The quantitative estimate of drug-likeness (QED) is 0.746. The third-order valence-electron chi connectivity index (χ3n) is 4.07. The third kappa shape index (κ3) is 5.07. The third-order valence-corrected chi connectivity index (χ3v) is 5.95. The first-order chi connectivity index (χ1) is 10.9. The average Bonchev–Trinajstić information content (AvgIpc) is 2.50. The van der Waals surface area contributed by atoms with Crippen molar-refractivity contribution in [2.24, 2.45) is 5.92 Å². The normalized spacial score (nSPS) is 19.0. The van der Waals surface area contributed by atoms with Gasteiger partial charge in [-0.3, -0.25) is 9.59 Å². The van der Waals surface area contributed by atoms with Gasteiger partial charge in [-0.1, -0.05) is 0 Å².